The third-order valence-electron chi connectivity index (χ3n) is 5.66. The van der Waals surface area contributed by atoms with Crippen LogP contribution in [0.3, 0.4) is 0 Å². The van der Waals surface area contributed by atoms with Crippen LogP contribution in [0, 0.1) is 0 Å². The summed E-state index contributed by atoms with van der Waals surface area (Å²) in [4.78, 5) is 34.5. The van der Waals surface area contributed by atoms with Gasteiger partial charge >= 0.3 is 6.09 Å². The quantitative estimate of drug-likeness (QED) is 0.701. The van der Waals surface area contributed by atoms with Crippen molar-refractivity contribution >= 4 is 34.4 Å². The molecule has 5 heterocycles. The first kappa shape index (κ1) is 18.6. The maximum absolute atomic E-state index is 12.4. The maximum atomic E-state index is 12.4. The number of amides is 2. The molecule has 1 spiro atoms. The molecule has 0 aliphatic carbocycles. The Morgan fingerprint density at radius 3 is 2.87 bits per heavy atom. The smallest absolute Gasteiger partial charge is 0.415 e. The van der Waals surface area contributed by atoms with E-state index in [1.165, 1.54) is 11.8 Å². The Labute approximate surface area is 172 Å². The lowest BCUT2D eigenvalue weighted by Crippen LogP contribution is -2.45. The molecule has 0 aromatic carbocycles. The average Bonchev–Trinajstić information content (AvgIpc) is 3.31. The number of nitrogens with one attached hydrogen (secondary N) is 1. The van der Waals surface area contributed by atoms with Gasteiger partial charge in [0.25, 0.3) is 0 Å². The second-order valence-corrected chi connectivity index (χ2v) is 7.71. The number of rotatable bonds is 2. The van der Waals surface area contributed by atoms with Crippen molar-refractivity contribution in [3.63, 3.8) is 0 Å². The van der Waals surface area contributed by atoms with Crippen LogP contribution >= 0.6 is 0 Å². The molecule has 0 radical (unpaired) electrons. The number of anilines is 2. The van der Waals surface area contributed by atoms with Crippen LogP contribution in [0.4, 0.5) is 16.3 Å². The molecule has 1 saturated heterocycles. The van der Waals surface area contributed by atoms with Crippen molar-refractivity contribution in [1.29, 1.82) is 0 Å². The highest BCUT2D eigenvalue weighted by Gasteiger charge is 2.48. The van der Waals surface area contributed by atoms with Crippen molar-refractivity contribution in [3.8, 4) is 11.3 Å². The molecule has 0 bridgehead atoms. The first-order valence-corrected chi connectivity index (χ1v) is 9.67. The van der Waals surface area contributed by atoms with Crippen molar-refractivity contribution in [1.82, 2.24) is 14.5 Å². The number of carbonyl (C=O) groups excluding carboxylic acids is 2. The number of ether oxygens (including phenoxy) is 2. The molecule has 2 aliphatic heterocycles. The van der Waals surface area contributed by atoms with Gasteiger partial charge in [-0.1, -0.05) is 0 Å². The molecule has 3 aromatic rings. The molecule has 3 aromatic heterocycles. The Kier molecular flexibility index (Phi) is 4.04. The van der Waals surface area contributed by atoms with Gasteiger partial charge in [-0.25, -0.2) is 14.8 Å². The normalized spacial score (nSPS) is 20.5. The van der Waals surface area contributed by atoms with E-state index in [4.69, 9.17) is 14.5 Å². The van der Waals surface area contributed by atoms with E-state index in [0.717, 1.165) is 27.8 Å². The molecule has 1 fully saturated rings. The molecule has 154 valence electrons. The van der Waals surface area contributed by atoms with Crippen LogP contribution in [0.1, 0.15) is 19.0 Å². The summed E-state index contributed by atoms with van der Waals surface area (Å²) in [7, 11) is 3.61. The second-order valence-electron chi connectivity index (χ2n) is 7.71. The zero-order valence-corrected chi connectivity index (χ0v) is 16.9. The molecule has 1 unspecified atom stereocenters. The molecule has 1 N–H and O–H groups in total. The minimum Gasteiger partial charge on any atom is -0.433 e. The molecule has 9 nitrogen and oxygen atoms in total. The maximum Gasteiger partial charge on any atom is 0.415 e. The van der Waals surface area contributed by atoms with Gasteiger partial charge in [-0.2, -0.15) is 0 Å². The number of aromatic nitrogens is 3. The molecule has 30 heavy (non-hydrogen) atoms. The first-order chi connectivity index (χ1) is 14.4. The largest absolute Gasteiger partial charge is 0.433 e. The lowest BCUT2D eigenvalue weighted by atomic mass is 9.94. The van der Waals surface area contributed by atoms with Crippen LogP contribution in [-0.2, 0) is 26.9 Å². The summed E-state index contributed by atoms with van der Waals surface area (Å²) in [5.41, 5.74) is 3.13. The molecule has 2 aliphatic rings. The number of hydrogen-bond donors (Lipinski definition) is 1. The summed E-state index contributed by atoms with van der Waals surface area (Å²) in [5.74, 6) is 0.300. The fraction of sp³-hybridized carbons (Fsp3) is 0.333. The van der Waals surface area contributed by atoms with Gasteiger partial charge in [-0.05, 0) is 18.2 Å². The molecule has 9 heteroatoms. The zero-order valence-electron chi connectivity index (χ0n) is 16.9. The molecule has 1 atom stereocenters. The van der Waals surface area contributed by atoms with E-state index in [0.29, 0.717) is 31.1 Å². The third-order valence-corrected chi connectivity index (χ3v) is 5.66. The molecular weight excluding hydrogens is 386 g/mol. The van der Waals surface area contributed by atoms with E-state index in [9.17, 15) is 9.59 Å². The van der Waals surface area contributed by atoms with E-state index in [1.54, 1.807) is 13.2 Å². The first-order valence-electron chi connectivity index (χ1n) is 9.67. The third kappa shape index (κ3) is 2.73. The monoisotopic (exact) mass is 407 g/mol. The summed E-state index contributed by atoms with van der Waals surface area (Å²) >= 11 is 0. The van der Waals surface area contributed by atoms with Crippen LogP contribution in [-0.4, -0.2) is 46.8 Å². The summed E-state index contributed by atoms with van der Waals surface area (Å²) in [6, 6.07) is 5.63. The highest BCUT2D eigenvalue weighted by atomic mass is 16.6. The summed E-state index contributed by atoms with van der Waals surface area (Å²) in [5, 5.41) is 3.64. The van der Waals surface area contributed by atoms with E-state index in [1.807, 2.05) is 36.0 Å². The lowest BCUT2D eigenvalue weighted by molar-refractivity contribution is -0.114. The van der Waals surface area contributed by atoms with Gasteiger partial charge in [-0.15, -0.1) is 0 Å². The summed E-state index contributed by atoms with van der Waals surface area (Å²) < 4.78 is 13.3. The minimum absolute atomic E-state index is 0.181. The highest BCUT2D eigenvalue weighted by Crippen LogP contribution is 2.44. The fourth-order valence-corrected chi connectivity index (χ4v) is 4.13. The van der Waals surface area contributed by atoms with E-state index in [-0.39, 0.29) is 5.91 Å². The van der Waals surface area contributed by atoms with Gasteiger partial charge in [0.15, 0.2) is 5.60 Å². The van der Waals surface area contributed by atoms with Gasteiger partial charge in [0.1, 0.15) is 11.5 Å². The van der Waals surface area contributed by atoms with Crippen LogP contribution in [0.25, 0.3) is 22.2 Å². The Morgan fingerprint density at radius 1 is 1.30 bits per heavy atom. The van der Waals surface area contributed by atoms with Crippen LogP contribution in [0.15, 0.2) is 30.6 Å². The second kappa shape index (κ2) is 6.53. The summed E-state index contributed by atoms with van der Waals surface area (Å²) in [6.07, 6.45) is 3.88. The Morgan fingerprint density at radius 2 is 2.13 bits per heavy atom. The SMILES string of the molecule is CC(=O)Nc1cc2c(-c3ccc4c(n3)C3(CCOC3)OC(=O)N4C)cn(C)c2cn1. The summed E-state index contributed by atoms with van der Waals surface area (Å²) in [6.45, 7) is 2.26. The van der Waals surface area contributed by atoms with Gasteiger partial charge in [-0.3, -0.25) is 9.69 Å². The highest BCUT2D eigenvalue weighted by molar-refractivity contribution is 5.98. The number of fused-ring (bicyclic) bond motifs is 3. The van der Waals surface area contributed by atoms with Crippen molar-refractivity contribution in [2.75, 3.05) is 30.5 Å². The average molecular weight is 407 g/mol. The number of carbonyl (C=O) groups is 2. The number of nitrogens with zero attached hydrogens (tertiary/aromatic N) is 4. The predicted molar refractivity (Wildman–Crippen MR) is 110 cm³/mol. The van der Waals surface area contributed by atoms with E-state index < -0.39 is 11.7 Å². The van der Waals surface area contributed by atoms with Gasteiger partial charge in [0.05, 0.1) is 36.3 Å². The Bertz CT molecular complexity index is 1200. The van der Waals surface area contributed by atoms with Gasteiger partial charge in [0, 0.05) is 44.6 Å². The minimum atomic E-state index is -0.859. The van der Waals surface area contributed by atoms with E-state index in [2.05, 4.69) is 10.3 Å². The van der Waals surface area contributed by atoms with Crippen LogP contribution in [0.2, 0.25) is 0 Å². The lowest BCUT2D eigenvalue weighted by Gasteiger charge is -2.37. The van der Waals surface area contributed by atoms with Gasteiger partial charge in [0.2, 0.25) is 5.91 Å². The van der Waals surface area contributed by atoms with E-state index >= 15 is 0 Å². The number of pyridine rings is 2. The topological polar surface area (TPSA) is 98.6 Å². The predicted octanol–water partition coefficient (Wildman–Crippen LogP) is 2.80. The molecular formula is C21H21N5O4. The number of hydrogen-bond acceptors (Lipinski definition) is 6. The van der Waals surface area contributed by atoms with Crippen molar-refractivity contribution < 1.29 is 19.1 Å². The van der Waals surface area contributed by atoms with Crippen molar-refractivity contribution in [2.45, 2.75) is 18.9 Å². The van der Waals surface area contributed by atoms with Gasteiger partial charge < -0.3 is 19.4 Å². The Hall–Kier alpha value is -3.46. The van der Waals surface area contributed by atoms with Crippen molar-refractivity contribution in [2.24, 2.45) is 7.05 Å². The number of aryl methyl sites for hydroxylation is 1. The van der Waals surface area contributed by atoms with Crippen molar-refractivity contribution in [3.05, 3.63) is 36.3 Å². The molecule has 0 saturated carbocycles. The molecule has 2 amide bonds. The standard InChI is InChI=1S/C21H21N5O4/c1-12(27)23-18-8-13-14(10-25(2)17(13)9-22-18)15-4-5-16-19(24-15)21(6-7-29-11-21)30-20(28)26(16)3/h4-5,8-10H,6-7,11H2,1-3H3,(H,22,23,27). The Balaban J connectivity index is 1.68. The fourth-order valence-electron chi connectivity index (χ4n) is 4.13. The van der Waals surface area contributed by atoms with Crippen LogP contribution in [0.5, 0.6) is 0 Å². The van der Waals surface area contributed by atoms with Crippen LogP contribution < -0.4 is 10.2 Å². The molecule has 5 rings (SSSR count). The zero-order chi connectivity index (χ0) is 21.0.